The van der Waals surface area contributed by atoms with Crippen LogP contribution in [0.4, 0.5) is 0 Å². The third-order valence-corrected chi connectivity index (χ3v) is 5.21. The van der Waals surface area contributed by atoms with Crippen LogP contribution in [-0.4, -0.2) is 58.0 Å². The first-order valence-electron chi connectivity index (χ1n) is 6.39. The van der Waals surface area contributed by atoms with E-state index in [2.05, 4.69) is 9.62 Å². The zero-order valence-corrected chi connectivity index (χ0v) is 11.2. The lowest BCUT2D eigenvalue weighted by molar-refractivity contribution is -0.0552. The summed E-state index contributed by atoms with van der Waals surface area (Å²) in [6, 6.07) is 0.529. The number of fused-ring (bicyclic) bond motifs is 1. The van der Waals surface area contributed by atoms with Crippen molar-refractivity contribution in [2.75, 3.05) is 32.5 Å². The molecule has 1 N–H and O–H groups in total. The Hall–Kier alpha value is -0.170. The topological polar surface area (TPSA) is 58.6 Å². The summed E-state index contributed by atoms with van der Waals surface area (Å²) in [5.41, 5.74) is 0. The quantitative estimate of drug-likeness (QED) is 0.768. The SMILES string of the molecule is CNS(=O)(=O)CCCN1CCO[C@@H]2CCC[C@@H]21. The van der Waals surface area contributed by atoms with E-state index in [4.69, 9.17) is 4.74 Å². The maximum atomic E-state index is 11.3. The summed E-state index contributed by atoms with van der Waals surface area (Å²) >= 11 is 0. The van der Waals surface area contributed by atoms with Gasteiger partial charge in [0.1, 0.15) is 0 Å². The van der Waals surface area contributed by atoms with Gasteiger partial charge in [0.2, 0.25) is 10.0 Å². The van der Waals surface area contributed by atoms with Crippen LogP contribution in [0.15, 0.2) is 0 Å². The van der Waals surface area contributed by atoms with Gasteiger partial charge in [-0.15, -0.1) is 0 Å². The largest absolute Gasteiger partial charge is 0.375 e. The van der Waals surface area contributed by atoms with Crippen molar-refractivity contribution in [3.63, 3.8) is 0 Å². The Balaban J connectivity index is 1.78. The monoisotopic (exact) mass is 262 g/mol. The van der Waals surface area contributed by atoms with Crippen LogP contribution in [0.3, 0.4) is 0 Å². The number of ether oxygens (including phenoxy) is 1. The zero-order valence-electron chi connectivity index (χ0n) is 10.4. The standard InChI is InChI=1S/C11H22N2O3S/c1-12-17(14,15)9-3-6-13-7-8-16-11-5-2-4-10(11)13/h10-12H,2-9H2,1H3/t10-,11+/m0/s1. The molecule has 5 nitrogen and oxygen atoms in total. The number of rotatable bonds is 5. The Morgan fingerprint density at radius 1 is 1.41 bits per heavy atom. The van der Waals surface area contributed by atoms with E-state index in [-0.39, 0.29) is 5.75 Å². The highest BCUT2D eigenvalue weighted by Crippen LogP contribution is 2.29. The molecule has 1 heterocycles. The Bertz CT molecular complexity index is 345. The third-order valence-electron chi connectivity index (χ3n) is 3.77. The fourth-order valence-corrected chi connectivity index (χ4v) is 3.56. The van der Waals surface area contributed by atoms with E-state index >= 15 is 0 Å². The molecule has 2 aliphatic rings. The van der Waals surface area contributed by atoms with Crippen LogP contribution in [0.5, 0.6) is 0 Å². The molecule has 17 heavy (non-hydrogen) atoms. The minimum atomic E-state index is -3.05. The number of sulfonamides is 1. The molecular formula is C11H22N2O3S. The molecule has 2 atom stereocenters. The summed E-state index contributed by atoms with van der Waals surface area (Å²) in [6.45, 7) is 2.60. The highest BCUT2D eigenvalue weighted by molar-refractivity contribution is 7.89. The second-order valence-electron chi connectivity index (χ2n) is 4.82. The van der Waals surface area contributed by atoms with Gasteiger partial charge in [-0.25, -0.2) is 13.1 Å². The van der Waals surface area contributed by atoms with Crippen molar-refractivity contribution >= 4 is 10.0 Å². The minimum Gasteiger partial charge on any atom is -0.375 e. The number of morpholine rings is 1. The molecule has 0 amide bonds. The Labute approximate surface area is 104 Å². The molecule has 0 aromatic carbocycles. The summed E-state index contributed by atoms with van der Waals surface area (Å²) in [5.74, 6) is 0.220. The molecule has 0 aromatic heterocycles. The van der Waals surface area contributed by atoms with Gasteiger partial charge in [0.05, 0.1) is 18.5 Å². The van der Waals surface area contributed by atoms with Crippen molar-refractivity contribution < 1.29 is 13.2 Å². The lowest BCUT2D eigenvalue weighted by Crippen LogP contribution is -2.49. The fourth-order valence-electron chi connectivity index (χ4n) is 2.84. The maximum Gasteiger partial charge on any atom is 0.211 e. The van der Waals surface area contributed by atoms with E-state index in [1.807, 2.05) is 0 Å². The normalized spacial score (nSPS) is 30.4. The minimum absolute atomic E-state index is 0.220. The predicted molar refractivity (Wildman–Crippen MR) is 66.4 cm³/mol. The Morgan fingerprint density at radius 2 is 2.24 bits per heavy atom. The summed E-state index contributed by atoms with van der Waals surface area (Å²) in [6.07, 6.45) is 4.69. The Morgan fingerprint density at radius 3 is 3.00 bits per heavy atom. The highest BCUT2D eigenvalue weighted by atomic mass is 32.2. The lowest BCUT2D eigenvalue weighted by Gasteiger charge is -2.37. The summed E-state index contributed by atoms with van der Waals surface area (Å²) in [5, 5.41) is 0. The molecule has 100 valence electrons. The summed E-state index contributed by atoms with van der Waals surface area (Å²) < 4.78 is 30.7. The molecule has 0 aromatic rings. The van der Waals surface area contributed by atoms with Crippen molar-refractivity contribution in [2.45, 2.75) is 37.8 Å². The maximum absolute atomic E-state index is 11.3. The van der Waals surface area contributed by atoms with Gasteiger partial charge >= 0.3 is 0 Å². The van der Waals surface area contributed by atoms with Crippen LogP contribution >= 0.6 is 0 Å². The number of nitrogens with zero attached hydrogens (tertiary/aromatic N) is 1. The van der Waals surface area contributed by atoms with Crippen LogP contribution in [-0.2, 0) is 14.8 Å². The second-order valence-corrected chi connectivity index (χ2v) is 6.87. The van der Waals surface area contributed by atoms with Crippen molar-refractivity contribution in [2.24, 2.45) is 0 Å². The van der Waals surface area contributed by atoms with E-state index in [0.29, 0.717) is 18.6 Å². The van der Waals surface area contributed by atoms with Crippen molar-refractivity contribution in [1.82, 2.24) is 9.62 Å². The van der Waals surface area contributed by atoms with Gasteiger partial charge in [0, 0.05) is 12.6 Å². The average molecular weight is 262 g/mol. The van der Waals surface area contributed by atoms with E-state index in [0.717, 1.165) is 26.1 Å². The molecule has 1 aliphatic heterocycles. The molecule has 1 saturated heterocycles. The lowest BCUT2D eigenvalue weighted by atomic mass is 10.1. The molecule has 2 fully saturated rings. The molecule has 2 rings (SSSR count). The van der Waals surface area contributed by atoms with Crippen LogP contribution in [0.1, 0.15) is 25.7 Å². The number of hydrogen-bond donors (Lipinski definition) is 1. The first-order valence-corrected chi connectivity index (χ1v) is 8.04. The molecular weight excluding hydrogens is 240 g/mol. The van der Waals surface area contributed by atoms with E-state index in [1.54, 1.807) is 0 Å². The molecule has 0 spiro atoms. The molecule has 1 aliphatic carbocycles. The third kappa shape index (κ3) is 3.40. The molecule has 6 heteroatoms. The van der Waals surface area contributed by atoms with Crippen molar-refractivity contribution in [1.29, 1.82) is 0 Å². The predicted octanol–water partition coefficient (Wildman–Crippen LogP) is 0.179. The van der Waals surface area contributed by atoms with Gasteiger partial charge in [-0.05, 0) is 39.3 Å². The highest BCUT2D eigenvalue weighted by Gasteiger charge is 2.35. The average Bonchev–Trinajstić information content (AvgIpc) is 2.78. The molecule has 1 saturated carbocycles. The molecule has 0 radical (unpaired) electrons. The van der Waals surface area contributed by atoms with E-state index in [1.165, 1.54) is 19.9 Å². The number of hydrogen-bond acceptors (Lipinski definition) is 4. The summed E-state index contributed by atoms with van der Waals surface area (Å²) in [7, 11) is -1.58. The van der Waals surface area contributed by atoms with Crippen LogP contribution in [0, 0.1) is 0 Å². The summed E-state index contributed by atoms with van der Waals surface area (Å²) in [4.78, 5) is 2.41. The van der Waals surface area contributed by atoms with E-state index in [9.17, 15) is 8.42 Å². The van der Waals surface area contributed by atoms with Gasteiger partial charge in [0.25, 0.3) is 0 Å². The van der Waals surface area contributed by atoms with Crippen molar-refractivity contribution in [3.05, 3.63) is 0 Å². The fraction of sp³-hybridized carbons (Fsp3) is 1.00. The van der Waals surface area contributed by atoms with Crippen LogP contribution in [0.25, 0.3) is 0 Å². The first kappa shape index (κ1) is 13.3. The van der Waals surface area contributed by atoms with Gasteiger partial charge in [-0.2, -0.15) is 0 Å². The van der Waals surface area contributed by atoms with Gasteiger partial charge in [0.15, 0.2) is 0 Å². The van der Waals surface area contributed by atoms with Crippen LogP contribution < -0.4 is 4.72 Å². The van der Waals surface area contributed by atoms with Crippen LogP contribution in [0.2, 0.25) is 0 Å². The van der Waals surface area contributed by atoms with Gasteiger partial charge in [-0.1, -0.05) is 0 Å². The molecule has 0 bridgehead atoms. The Kier molecular flexibility index (Phi) is 4.41. The van der Waals surface area contributed by atoms with E-state index < -0.39 is 10.0 Å². The zero-order chi connectivity index (χ0) is 12.3. The number of nitrogens with one attached hydrogen (secondary N) is 1. The van der Waals surface area contributed by atoms with Gasteiger partial charge < -0.3 is 4.74 Å². The van der Waals surface area contributed by atoms with Crippen molar-refractivity contribution in [3.8, 4) is 0 Å². The van der Waals surface area contributed by atoms with Gasteiger partial charge in [-0.3, -0.25) is 4.90 Å². The second kappa shape index (κ2) is 5.65. The smallest absolute Gasteiger partial charge is 0.211 e. The molecule has 0 unspecified atom stereocenters. The first-order chi connectivity index (χ1) is 8.12.